The Bertz CT molecular complexity index is 301. The van der Waals surface area contributed by atoms with Gasteiger partial charge in [0, 0.05) is 18.6 Å². The smallest absolute Gasteiger partial charge is 0.234 e. The molecule has 1 rings (SSSR count). The maximum absolute atomic E-state index is 12.2. The summed E-state index contributed by atoms with van der Waals surface area (Å²) in [5.74, 6) is -0.119. The van der Waals surface area contributed by atoms with Crippen LogP contribution >= 0.6 is 29.5 Å². The first kappa shape index (κ1) is 15.7. The predicted molar refractivity (Wildman–Crippen MR) is 71.2 cm³/mol. The lowest BCUT2D eigenvalue weighted by Crippen LogP contribution is -2.23. The van der Waals surface area contributed by atoms with E-state index < -0.39 is 12.4 Å². The van der Waals surface area contributed by atoms with E-state index in [1.165, 1.54) is 0 Å². The number of rotatable bonds is 6. The van der Waals surface area contributed by atoms with Crippen molar-refractivity contribution in [1.29, 1.82) is 0 Å². The fraction of sp³-hybridized carbons (Fsp3) is 1.00. The van der Waals surface area contributed by atoms with Gasteiger partial charge in [-0.1, -0.05) is 0 Å². The quantitative estimate of drug-likeness (QED) is 0.558. The Morgan fingerprint density at radius 2 is 2.18 bits per heavy atom. The largest absolute Gasteiger partial charge is 0.348 e. The minimum absolute atomic E-state index is 0.0264. The molecule has 7 heteroatoms. The third kappa shape index (κ3) is 5.06. The normalized spacial score (nSPS) is 27.3. The molecule has 2 unspecified atom stereocenters. The Balaban J connectivity index is 2.37. The SMILES string of the molecule is CN(CCCl)P(=O)(Cl)CCC1COC(C)(C)O1. The second kappa shape index (κ2) is 6.23. The molecule has 0 aromatic heterocycles. The van der Waals surface area contributed by atoms with Crippen molar-refractivity contribution in [3.63, 3.8) is 0 Å². The lowest BCUT2D eigenvalue weighted by atomic mass is 10.3. The third-order valence-corrected chi connectivity index (χ3v) is 6.19. The molecule has 0 spiro atoms. The predicted octanol–water partition coefficient (Wildman–Crippen LogP) is 3.13. The number of nitrogens with zero attached hydrogens (tertiary/aromatic N) is 1. The van der Waals surface area contributed by atoms with Crippen LogP contribution in [0.15, 0.2) is 0 Å². The van der Waals surface area contributed by atoms with Crippen LogP contribution in [0.2, 0.25) is 0 Å². The Morgan fingerprint density at radius 1 is 1.53 bits per heavy atom. The van der Waals surface area contributed by atoms with Crippen LogP contribution in [0.4, 0.5) is 0 Å². The Kier molecular flexibility index (Phi) is 5.77. The van der Waals surface area contributed by atoms with E-state index in [2.05, 4.69) is 0 Å². The van der Waals surface area contributed by atoms with Crippen LogP contribution in [0.25, 0.3) is 0 Å². The van der Waals surface area contributed by atoms with Crippen molar-refractivity contribution in [3.8, 4) is 0 Å². The zero-order chi connectivity index (χ0) is 13.1. The van der Waals surface area contributed by atoms with Gasteiger partial charge in [0.1, 0.15) is 0 Å². The van der Waals surface area contributed by atoms with E-state index in [0.29, 0.717) is 31.6 Å². The van der Waals surface area contributed by atoms with Crippen molar-refractivity contribution in [2.45, 2.75) is 32.2 Å². The molecule has 0 aromatic rings. The van der Waals surface area contributed by atoms with Gasteiger partial charge in [-0.3, -0.25) is 4.57 Å². The molecule has 0 N–H and O–H groups in total. The summed E-state index contributed by atoms with van der Waals surface area (Å²) in [6.07, 6.45) is 1.02. The Labute approximate surface area is 113 Å². The first-order valence-corrected chi connectivity index (χ1v) is 8.93. The number of ether oxygens (including phenoxy) is 2. The third-order valence-electron chi connectivity index (χ3n) is 2.71. The fourth-order valence-electron chi connectivity index (χ4n) is 1.65. The number of halogens is 2. The van der Waals surface area contributed by atoms with E-state index in [1.807, 2.05) is 13.8 Å². The van der Waals surface area contributed by atoms with E-state index in [9.17, 15) is 4.57 Å². The van der Waals surface area contributed by atoms with Gasteiger partial charge in [-0.05, 0) is 38.6 Å². The molecule has 1 aliphatic heterocycles. The van der Waals surface area contributed by atoms with Crippen molar-refractivity contribution in [3.05, 3.63) is 0 Å². The summed E-state index contributed by atoms with van der Waals surface area (Å²) in [7, 11) is 1.73. The highest BCUT2D eigenvalue weighted by atomic mass is 35.7. The van der Waals surface area contributed by atoms with E-state index in [1.54, 1.807) is 11.7 Å². The minimum Gasteiger partial charge on any atom is -0.348 e. The zero-order valence-electron chi connectivity index (χ0n) is 10.5. The lowest BCUT2D eigenvalue weighted by molar-refractivity contribution is -0.138. The van der Waals surface area contributed by atoms with Crippen LogP contribution in [0.1, 0.15) is 20.3 Å². The Morgan fingerprint density at radius 3 is 2.65 bits per heavy atom. The lowest BCUT2D eigenvalue weighted by Gasteiger charge is -2.23. The first-order chi connectivity index (χ1) is 7.77. The molecule has 4 nitrogen and oxygen atoms in total. The van der Waals surface area contributed by atoms with Crippen LogP contribution in [-0.2, 0) is 14.0 Å². The highest BCUT2D eigenvalue weighted by Gasteiger charge is 2.34. The van der Waals surface area contributed by atoms with Gasteiger partial charge in [0.05, 0.1) is 12.7 Å². The fourth-order valence-corrected chi connectivity index (χ4v) is 3.89. The van der Waals surface area contributed by atoms with E-state index in [4.69, 9.17) is 32.3 Å². The van der Waals surface area contributed by atoms with Crippen LogP contribution in [-0.4, -0.2) is 48.8 Å². The van der Waals surface area contributed by atoms with Crippen molar-refractivity contribution in [2.75, 3.05) is 32.2 Å². The van der Waals surface area contributed by atoms with Crippen LogP contribution in [0.3, 0.4) is 0 Å². The molecule has 1 aliphatic rings. The number of alkyl halides is 1. The summed E-state index contributed by atoms with van der Waals surface area (Å²) >= 11 is 11.6. The molecule has 2 atom stereocenters. The topological polar surface area (TPSA) is 38.8 Å². The molecule has 0 aromatic carbocycles. The van der Waals surface area contributed by atoms with Crippen molar-refractivity contribution < 1.29 is 14.0 Å². The van der Waals surface area contributed by atoms with Crippen molar-refractivity contribution >= 4 is 29.5 Å². The molecule has 0 aliphatic carbocycles. The summed E-state index contributed by atoms with van der Waals surface area (Å²) in [5.41, 5.74) is 0. The maximum Gasteiger partial charge on any atom is 0.234 e. The summed E-state index contributed by atoms with van der Waals surface area (Å²) < 4.78 is 24.9. The monoisotopic (exact) mass is 303 g/mol. The molecular formula is C10H20Cl2NO3P. The average Bonchev–Trinajstić information content (AvgIpc) is 2.56. The Hall–Kier alpha value is 0.690. The molecule has 1 fully saturated rings. The van der Waals surface area contributed by atoms with Gasteiger partial charge in [0.15, 0.2) is 5.79 Å². The number of hydrogen-bond donors (Lipinski definition) is 0. The van der Waals surface area contributed by atoms with Gasteiger partial charge in [0.2, 0.25) is 6.65 Å². The minimum atomic E-state index is -2.81. The van der Waals surface area contributed by atoms with Gasteiger partial charge in [-0.2, -0.15) is 0 Å². The molecule has 0 amide bonds. The first-order valence-electron chi connectivity index (χ1n) is 5.65. The van der Waals surface area contributed by atoms with Crippen LogP contribution < -0.4 is 0 Å². The molecule has 1 heterocycles. The van der Waals surface area contributed by atoms with Gasteiger partial charge in [-0.25, -0.2) is 4.67 Å². The van der Waals surface area contributed by atoms with Crippen molar-refractivity contribution in [2.24, 2.45) is 0 Å². The molecular weight excluding hydrogens is 284 g/mol. The molecule has 0 saturated carbocycles. The maximum atomic E-state index is 12.2. The molecule has 0 radical (unpaired) electrons. The van der Waals surface area contributed by atoms with Crippen molar-refractivity contribution in [1.82, 2.24) is 4.67 Å². The van der Waals surface area contributed by atoms with Crippen LogP contribution in [0.5, 0.6) is 0 Å². The summed E-state index contributed by atoms with van der Waals surface area (Å²) in [6.45, 7) is 1.98. The average molecular weight is 304 g/mol. The molecule has 1 saturated heterocycles. The number of hydrogen-bond acceptors (Lipinski definition) is 3. The van der Waals surface area contributed by atoms with E-state index in [-0.39, 0.29) is 6.10 Å². The summed E-state index contributed by atoms with van der Waals surface area (Å²) in [4.78, 5) is 0. The second-order valence-electron chi connectivity index (χ2n) is 4.65. The van der Waals surface area contributed by atoms with E-state index in [0.717, 1.165) is 0 Å². The van der Waals surface area contributed by atoms with Gasteiger partial charge in [0.25, 0.3) is 0 Å². The van der Waals surface area contributed by atoms with Gasteiger partial charge in [-0.15, -0.1) is 11.6 Å². The standard InChI is InChI=1S/C10H20Cl2NO3P/c1-10(2)15-8-9(16-10)4-7-17(12,14)13(3)6-5-11/h9H,4-8H2,1-3H3. The van der Waals surface area contributed by atoms with Crippen LogP contribution in [0, 0.1) is 0 Å². The molecule has 0 bridgehead atoms. The second-order valence-corrected chi connectivity index (χ2v) is 8.97. The zero-order valence-corrected chi connectivity index (χ0v) is 12.9. The van der Waals surface area contributed by atoms with Gasteiger partial charge < -0.3 is 9.47 Å². The van der Waals surface area contributed by atoms with Gasteiger partial charge >= 0.3 is 0 Å². The molecule has 102 valence electrons. The summed E-state index contributed by atoms with van der Waals surface area (Å²) in [5, 5.41) is 0. The highest BCUT2D eigenvalue weighted by molar-refractivity contribution is 7.87. The van der Waals surface area contributed by atoms with E-state index >= 15 is 0 Å². The highest BCUT2D eigenvalue weighted by Crippen LogP contribution is 2.54. The summed E-state index contributed by atoms with van der Waals surface area (Å²) in [6, 6.07) is 0. The molecule has 17 heavy (non-hydrogen) atoms.